The average molecular weight is 296 g/mol. The van der Waals surface area contributed by atoms with Gasteiger partial charge in [0.1, 0.15) is 16.8 Å². The minimum absolute atomic E-state index is 0.295. The zero-order chi connectivity index (χ0) is 14.7. The van der Waals surface area contributed by atoms with Gasteiger partial charge in [-0.1, -0.05) is 51.6 Å². The van der Waals surface area contributed by atoms with E-state index in [4.69, 9.17) is 11.6 Å². The summed E-state index contributed by atoms with van der Waals surface area (Å²) in [6.07, 6.45) is 6.43. The van der Waals surface area contributed by atoms with Crippen LogP contribution in [0.25, 0.3) is 0 Å². The summed E-state index contributed by atoms with van der Waals surface area (Å²) in [5, 5.41) is 4.19. The largest absolute Gasteiger partial charge is 0.367 e. The van der Waals surface area contributed by atoms with E-state index in [-0.39, 0.29) is 0 Å². The van der Waals surface area contributed by atoms with E-state index in [0.29, 0.717) is 17.1 Å². The van der Waals surface area contributed by atoms with Gasteiger partial charge in [0.15, 0.2) is 0 Å². The molecule has 112 valence electrons. The predicted octanol–water partition coefficient (Wildman–Crippen LogP) is 4.94. The van der Waals surface area contributed by atoms with Gasteiger partial charge in [-0.2, -0.15) is 0 Å². The smallest absolute Gasteiger partial charge is 0.137 e. The van der Waals surface area contributed by atoms with E-state index in [9.17, 15) is 0 Å². The van der Waals surface area contributed by atoms with E-state index in [2.05, 4.69) is 36.1 Å². The summed E-state index contributed by atoms with van der Waals surface area (Å²) >= 11 is 6.25. The maximum Gasteiger partial charge on any atom is 0.137 e. The van der Waals surface area contributed by atoms with Gasteiger partial charge in [0.05, 0.1) is 0 Å². The lowest BCUT2D eigenvalue weighted by Gasteiger charge is -2.30. The molecule has 2 atom stereocenters. The molecule has 1 aliphatic carbocycles. The van der Waals surface area contributed by atoms with E-state index in [1.807, 2.05) is 6.92 Å². The van der Waals surface area contributed by atoms with Gasteiger partial charge in [0.2, 0.25) is 0 Å². The highest BCUT2D eigenvalue weighted by molar-refractivity contribution is 6.30. The Balaban J connectivity index is 2.15. The highest BCUT2D eigenvalue weighted by Crippen LogP contribution is 2.30. The summed E-state index contributed by atoms with van der Waals surface area (Å²) in [5.74, 6) is 2.90. The van der Waals surface area contributed by atoms with Crippen LogP contribution in [0.15, 0.2) is 0 Å². The van der Waals surface area contributed by atoms with E-state index >= 15 is 0 Å². The number of nitrogens with zero attached hydrogens (tertiary/aromatic N) is 2. The van der Waals surface area contributed by atoms with Crippen molar-refractivity contribution in [2.75, 3.05) is 5.32 Å². The van der Waals surface area contributed by atoms with Crippen LogP contribution in [0.1, 0.15) is 70.2 Å². The maximum atomic E-state index is 6.25. The lowest BCUT2D eigenvalue weighted by molar-refractivity contribution is 0.327. The van der Waals surface area contributed by atoms with E-state index in [1.54, 1.807) is 0 Å². The molecule has 1 aromatic rings. The highest BCUT2D eigenvalue weighted by Gasteiger charge is 2.22. The van der Waals surface area contributed by atoms with Crippen LogP contribution in [-0.2, 0) is 0 Å². The SMILES string of the molecule is CCC1CCCC(Nc2nc(C(C)C)nc(Cl)c2C)C1. The highest BCUT2D eigenvalue weighted by atomic mass is 35.5. The maximum absolute atomic E-state index is 6.25. The third-order valence-electron chi connectivity index (χ3n) is 4.32. The molecule has 0 radical (unpaired) electrons. The molecule has 3 nitrogen and oxygen atoms in total. The molecule has 1 N–H and O–H groups in total. The molecule has 0 bridgehead atoms. The molecule has 0 aliphatic heterocycles. The molecular formula is C16H26ClN3. The Labute approximate surface area is 127 Å². The van der Waals surface area contributed by atoms with Crippen LogP contribution < -0.4 is 5.32 Å². The number of halogens is 1. The number of hydrogen-bond acceptors (Lipinski definition) is 3. The van der Waals surface area contributed by atoms with Crippen molar-refractivity contribution in [2.45, 2.75) is 71.8 Å². The predicted molar refractivity (Wildman–Crippen MR) is 85.5 cm³/mol. The molecule has 1 saturated carbocycles. The first kappa shape index (κ1) is 15.6. The summed E-state index contributed by atoms with van der Waals surface area (Å²) in [6.45, 7) is 8.47. The van der Waals surface area contributed by atoms with Gasteiger partial charge in [-0.05, 0) is 25.7 Å². The molecular weight excluding hydrogens is 270 g/mol. The Morgan fingerprint density at radius 1 is 1.30 bits per heavy atom. The molecule has 1 fully saturated rings. The fourth-order valence-corrected chi connectivity index (χ4v) is 3.07. The zero-order valence-electron chi connectivity index (χ0n) is 13.0. The number of nitrogens with one attached hydrogen (secondary N) is 1. The number of rotatable bonds is 4. The van der Waals surface area contributed by atoms with Crippen molar-refractivity contribution in [1.29, 1.82) is 0 Å². The second-order valence-electron chi connectivity index (χ2n) is 6.28. The lowest BCUT2D eigenvalue weighted by atomic mass is 9.84. The molecule has 0 spiro atoms. The molecule has 1 aliphatic rings. The Morgan fingerprint density at radius 2 is 2.05 bits per heavy atom. The minimum Gasteiger partial charge on any atom is -0.367 e. The molecule has 1 heterocycles. The van der Waals surface area contributed by atoms with Crippen LogP contribution >= 0.6 is 11.6 Å². The van der Waals surface area contributed by atoms with E-state index < -0.39 is 0 Å². The van der Waals surface area contributed by atoms with Crippen LogP contribution in [0.3, 0.4) is 0 Å². The van der Waals surface area contributed by atoms with Crippen molar-refractivity contribution in [3.05, 3.63) is 16.5 Å². The summed E-state index contributed by atoms with van der Waals surface area (Å²) in [5.41, 5.74) is 0.967. The molecule has 4 heteroatoms. The normalized spacial score (nSPS) is 23.1. The molecule has 0 aromatic carbocycles. The second-order valence-corrected chi connectivity index (χ2v) is 6.64. The molecule has 20 heavy (non-hydrogen) atoms. The second kappa shape index (κ2) is 6.75. The van der Waals surface area contributed by atoms with Crippen LogP contribution in [-0.4, -0.2) is 16.0 Å². The molecule has 2 rings (SSSR count). The number of anilines is 1. The summed E-state index contributed by atoms with van der Waals surface area (Å²) in [7, 11) is 0. The van der Waals surface area contributed by atoms with E-state index in [0.717, 1.165) is 23.1 Å². The van der Waals surface area contributed by atoms with E-state index in [1.165, 1.54) is 32.1 Å². The van der Waals surface area contributed by atoms with Gasteiger partial charge in [0.25, 0.3) is 0 Å². The van der Waals surface area contributed by atoms with Gasteiger partial charge in [-0.25, -0.2) is 9.97 Å². The van der Waals surface area contributed by atoms with Crippen molar-refractivity contribution in [2.24, 2.45) is 5.92 Å². The molecule has 1 aromatic heterocycles. The van der Waals surface area contributed by atoms with Gasteiger partial charge in [0, 0.05) is 17.5 Å². The standard InChI is InChI=1S/C16H26ClN3/c1-5-12-7-6-8-13(9-12)18-16-11(4)14(17)19-15(20-16)10(2)3/h10,12-13H,5-9H2,1-4H3,(H,18,19,20). The van der Waals surface area contributed by atoms with Crippen LogP contribution in [0.4, 0.5) is 5.82 Å². The summed E-state index contributed by atoms with van der Waals surface area (Å²) in [6, 6.07) is 0.526. The average Bonchev–Trinajstić information content (AvgIpc) is 2.43. The third-order valence-corrected chi connectivity index (χ3v) is 4.69. The Morgan fingerprint density at radius 3 is 2.70 bits per heavy atom. The van der Waals surface area contributed by atoms with Crippen LogP contribution in [0, 0.1) is 12.8 Å². The zero-order valence-corrected chi connectivity index (χ0v) is 13.8. The minimum atomic E-state index is 0.295. The van der Waals surface area contributed by atoms with Crippen molar-refractivity contribution >= 4 is 17.4 Å². The number of aromatic nitrogens is 2. The van der Waals surface area contributed by atoms with Crippen molar-refractivity contribution in [1.82, 2.24) is 9.97 Å². The Kier molecular flexibility index (Phi) is 5.25. The van der Waals surface area contributed by atoms with Gasteiger partial charge in [-0.15, -0.1) is 0 Å². The van der Waals surface area contributed by atoms with Gasteiger partial charge >= 0.3 is 0 Å². The van der Waals surface area contributed by atoms with Crippen LogP contribution in [0.5, 0.6) is 0 Å². The first-order valence-electron chi connectivity index (χ1n) is 7.81. The topological polar surface area (TPSA) is 37.8 Å². The quantitative estimate of drug-likeness (QED) is 0.799. The molecule has 2 unspecified atom stereocenters. The monoisotopic (exact) mass is 295 g/mol. The Hall–Kier alpha value is -0.830. The van der Waals surface area contributed by atoms with Gasteiger partial charge in [-0.3, -0.25) is 0 Å². The first-order chi connectivity index (χ1) is 9.51. The molecule has 0 saturated heterocycles. The lowest BCUT2D eigenvalue weighted by Crippen LogP contribution is -2.28. The first-order valence-corrected chi connectivity index (χ1v) is 8.19. The Bertz CT molecular complexity index is 459. The summed E-state index contributed by atoms with van der Waals surface area (Å²) < 4.78 is 0. The fraction of sp³-hybridized carbons (Fsp3) is 0.750. The van der Waals surface area contributed by atoms with Crippen molar-refractivity contribution < 1.29 is 0 Å². The molecule has 0 amide bonds. The van der Waals surface area contributed by atoms with Crippen molar-refractivity contribution in [3.8, 4) is 0 Å². The fourth-order valence-electron chi connectivity index (χ4n) is 2.89. The van der Waals surface area contributed by atoms with Crippen molar-refractivity contribution in [3.63, 3.8) is 0 Å². The third kappa shape index (κ3) is 3.63. The summed E-state index contributed by atoms with van der Waals surface area (Å²) in [4.78, 5) is 9.04. The number of hydrogen-bond donors (Lipinski definition) is 1. The van der Waals surface area contributed by atoms with Gasteiger partial charge < -0.3 is 5.32 Å². The van der Waals surface area contributed by atoms with Crippen LogP contribution in [0.2, 0.25) is 5.15 Å².